The van der Waals surface area contributed by atoms with Crippen LogP contribution in [0.3, 0.4) is 0 Å². The van der Waals surface area contributed by atoms with Gasteiger partial charge in [-0.05, 0) is 50.0 Å². The van der Waals surface area contributed by atoms with E-state index < -0.39 is 0 Å². The molecular formula is C14H28N2. The molecule has 2 heteroatoms. The Morgan fingerprint density at radius 2 is 1.69 bits per heavy atom. The number of likely N-dealkylation sites (tertiary alicyclic amines) is 1. The van der Waals surface area contributed by atoms with Crippen LogP contribution in [0.2, 0.25) is 0 Å². The van der Waals surface area contributed by atoms with Gasteiger partial charge in [0.25, 0.3) is 0 Å². The zero-order valence-electron chi connectivity index (χ0n) is 11.2. The highest BCUT2D eigenvalue weighted by Crippen LogP contribution is 2.33. The topological polar surface area (TPSA) is 29.3 Å². The third kappa shape index (κ3) is 2.60. The summed E-state index contributed by atoms with van der Waals surface area (Å²) in [6.45, 7) is 9.54. The Kier molecular flexibility index (Phi) is 3.91. The number of hydrogen-bond acceptors (Lipinski definition) is 2. The Bertz CT molecular complexity index is 205. The molecule has 5 unspecified atom stereocenters. The van der Waals surface area contributed by atoms with Crippen LogP contribution in [-0.4, -0.2) is 30.1 Å². The van der Waals surface area contributed by atoms with E-state index >= 15 is 0 Å². The Balaban J connectivity index is 1.88. The molecule has 2 rings (SSSR count). The molecule has 0 aromatic rings. The maximum atomic E-state index is 6.20. The molecule has 1 aliphatic carbocycles. The lowest BCUT2D eigenvalue weighted by Gasteiger charge is -2.44. The monoisotopic (exact) mass is 224 g/mol. The normalized spacial score (nSPS) is 46.9. The van der Waals surface area contributed by atoms with Crippen molar-refractivity contribution < 1.29 is 0 Å². The summed E-state index contributed by atoms with van der Waals surface area (Å²) in [4.78, 5) is 2.67. The molecule has 0 bridgehead atoms. The van der Waals surface area contributed by atoms with Crippen LogP contribution in [0.15, 0.2) is 0 Å². The predicted octanol–water partition coefficient (Wildman–Crippen LogP) is 2.48. The molecule has 0 amide bonds. The number of nitrogens with two attached hydrogens (primary N) is 1. The molecule has 5 atom stereocenters. The second-order valence-corrected chi connectivity index (χ2v) is 6.35. The Hall–Kier alpha value is -0.0800. The first kappa shape index (κ1) is 12.4. The minimum absolute atomic E-state index is 0.406. The van der Waals surface area contributed by atoms with Crippen LogP contribution in [0.1, 0.15) is 46.5 Å². The van der Waals surface area contributed by atoms with Gasteiger partial charge in [0.1, 0.15) is 0 Å². The van der Waals surface area contributed by atoms with Crippen molar-refractivity contribution in [1.29, 1.82) is 0 Å². The number of piperidine rings is 1. The molecular weight excluding hydrogens is 196 g/mol. The molecule has 1 saturated heterocycles. The second kappa shape index (κ2) is 5.05. The fourth-order valence-corrected chi connectivity index (χ4v) is 3.31. The van der Waals surface area contributed by atoms with Gasteiger partial charge >= 0.3 is 0 Å². The van der Waals surface area contributed by atoms with Crippen molar-refractivity contribution in [2.24, 2.45) is 23.5 Å². The van der Waals surface area contributed by atoms with Crippen LogP contribution in [0.4, 0.5) is 0 Å². The van der Waals surface area contributed by atoms with Crippen molar-refractivity contribution in [3.05, 3.63) is 0 Å². The van der Waals surface area contributed by atoms with Gasteiger partial charge in [-0.1, -0.05) is 20.8 Å². The summed E-state index contributed by atoms with van der Waals surface area (Å²) in [6.07, 6.45) is 5.49. The lowest BCUT2D eigenvalue weighted by molar-refractivity contribution is 0.0690. The molecule has 1 aliphatic heterocycles. The van der Waals surface area contributed by atoms with Gasteiger partial charge < -0.3 is 5.73 Å². The molecule has 2 fully saturated rings. The van der Waals surface area contributed by atoms with E-state index in [9.17, 15) is 0 Å². The summed E-state index contributed by atoms with van der Waals surface area (Å²) in [5.41, 5.74) is 6.20. The van der Waals surface area contributed by atoms with Crippen molar-refractivity contribution in [2.75, 3.05) is 13.1 Å². The smallest absolute Gasteiger partial charge is 0.0194 e. The largest absolute Gasteiger partial charge is 0.326 e. The van der Waals surface area contributed by atoms with E-state index in [2.05, 4.69) is 25.7 Å². The fraction of sp³-hybridized carbons (Fsp3) is 1.00. The van der Waals surface area contributed by atoms with E-state index in [-0.39, 0.29) is 0 Å². The van der Waals surface area contributed by atoms with Crippen LogP contribution in [-0.2, 0) is 0 Å². The average Bonchev–Trinajstić information content (AvgIpc) is 2.26. The van der Waals surface area contributed by atoms with Gasteiger partial charge in [-0.25, -0.2) is 0 Å². The highest BCUT2D eigenvalue weighted by Gasteiger charge is 2.32. The van der Waals surface area contributed by atoms with E-state index in [1.165, 1.54) is 32.2 Å². The standard InChI is InChI=1S/C14H28N2/c1-10-4-5-13(8-12(10)3)16-7-6-11(2)14(15)9-16/h10-14H,4-9,15H2,1-3H3. The molecule has 0 aromatic carbocycles. The van der Waals surface area contributed by atoms with Crippen molar-refractivity contribution in [1.82, 2.24) is 4.90 Å². The van der Waals surface area contributed by atoms with Crippen LogP contribution in [0, 0.1) is 17.8 Å². The predicted molar refractivity (Wildman–Crippen MR) is 69.3 cm³/mol. The van der Waals surface area contributed by atoms with Crippen LogP contribution in [0.25, 0.3) is 0 Å². The van der Waals surface area contributed by atoms with E-state index in [0.29, 0.717) is 6.04 Å². The minimum Gasteiger partial charge on any atom is -0.326 e. The molecule has 2 aliphatic rings. The highest BCUT2D eigenvalue weighted by atomic mass is 15.2. The lowest BCUT2D eigenvalue weighted by atomic mass is 9.78. The Labute approximate surface area is 101 Å². The van der Waals surface area contributed by atoms with Gasteiger partial charge in [-0.2, -0.15) is 0 Å². The fourth-order valence-electron chi connectivity index (χ4n) is 3.31. The Morgan fingerprint density at radius 1 is 0.938 bits per heavy atom. The van der Waals surface area contributed by atoms with Gasteiger partial charge in [0.05, 0.1) is 0 Å². The van der Waals surface area contributed by atoms with Crippen LogP contribution in [0.5, 0.6) is 0 Å². The van der Waals surface area contributed by atoms with Crippen LogP contribution >= 0.6 is 0 Å². The van der Waals surface area contributed by atoms with Gasteiger partial charge in [0, 0.05) is 18.6 Å². The minimum atomic E-state index is 0.406. The van der Waals surface area contributed by atoms with Crippen LogP contribution < -0.4 is 5.73 Å². The average molecular weight is 224 g/mol. The third-order valence-electron chi connectivity index (χ3n) is 5.13. The molecule has 94 valence electrons. The summed E-state index contributed by atoms with van der Waals surface area (Å²) >= 11 is 0. The van der Waals surface area contributed by atoms with E-state index in [1.807, 2.05) is 0 Å². The molecule has 1 heterocycles. The molecule has 0 aromatic heterocycles. The highest BCUT2D eigenvalue weighted by molar-refractivity contribution is 4.88. The second-order valence-electron chi connectivity index (χ2n) is 6.35. The zero-order valence-corrected chi connectivity index (χ0v) is 11.2. The SMILES string of the molecule is CC1CCC(N2CCC(C)C(N)C2)CC1C. The summed E-state index contributed by atoms with van der Waals surface area (Å²) in [5.74, 6) is 2.54. The molecule has 0 radical (unpaired) electrons. The molecule has 2 nitrogen and oxygen atoms in total. The number of hydrogen-bond donors (Lipinski definition) is 1. The number of nitrogens with zero attached hydrogens (tertiary/aromatic N) is 1. The van der Waals surface area contributed by atoms with E-state index in [1.54, 1.807) is 0 Å². The zero-order chi connectivity index (χ0) is 11.7. The Morgan fingerprint density at radius 3 is 2.31 bits per heavy atom. The van der Waals surface area contributed by atoms with Crippen molar-refractivity contribution >= 4 is 0 Å². The summed E-state index contributed by atoms with van der Waals surface area (Å²) in [7, 11) is 0. The maximum Gasteiger partial charge on any atom is 0.0194 e. The molecule has 0 spiro atoms. The van der Waals surface area contributed by atoms with Crippen molar-refractivity contribution in [3.8, 4) is 0 Å². The van der Waals surface area contributed by atoms with E-state index in [4.69, 9.17) is 5.73 Å². The van der Waals surface area contributed by atoms with Gasteiger partial charge in [0.2, 0.25) is 0 Å². The lowest BCUT2D eigenvalue weighted by Crippen LogP contribution is -2.52. The first-order valence-corrected chi connectivity index (χ1v) is 7.07. The maximum absolute atomic E-state index is 6.20. The summed E-state index contributed by atoms with van der Waals surface area (Å²) in [5, 5.41) is 0. The molecule has 2 N–H and O–H groups in total. The first-order valence-electron chi connectivity index (χ1n) is 7.07. The third-order valence-corrected chi connectivity index (χ3v) is 5.13. The van der Waals surface area contributed by atoms with Crippen molar-refractivity contribution in [2.45, 2.75) is 58.5 Å². The first-order chi connectivity index (χ1) is 7.58. The van der Waals surface area contributed by atoms with Crippen molar-refractivity contribution in [3.63, 3.8) is 0 Å². The van der Waals surface area contributed by atoms with Gasteiger partial charge in [-0.3, -0.25) is 4.90 Å². The number of rotatable bonds is 1. The summed E-state index contributed by atoms with van der Waals surface area (Å²) < 4.78 is 0. The van der Waals surface area contributed by atoms with Gasteiger partial charge in [0.15, 0.2) is 0 Å². The molecule has 16 heavy (non-hydrogen) atoms. The van der Waals surface area contributed by atoms with Gasteiger partial charge in [-0.15, -0.1) is 0 Å². The van der Waals surface area contributed by atoms with E-state index in [0.717, 1.165) is 30.3 Å². The summed E-state index contributed by atoms with van der Waals surface area (Å²) in [6, 6.07) is 1.23. The quantitative estimate of drug-likeness (QED) is 0.741. The molecule has 1 saturated carbocycles.